The third-order valence-corrected chi connectivity index (χ3v) is 4.04. The first-order valence-corrected chi connectivity index (χ1v) is 7.64. The Hall–Kier alpha value is -3.15. The highest BCUT2D eigenvalue weighted by atomic mass is 16.7. The lowest BCUT2D eigenvalue weighted by Gasteiger charge is -2.09. The van der Waals surface area contributed by atoms with Gasteiger partial charge in [-0.2, -0.15) is 0 Å². The van der Waals surface area contributed by atoms with Gasteiger partial charge in [0.15, 0.2) is 11.5 Å². The molecule has 2 heterocycles. The lowest BCUT2D eigenvalue weighted by Crippen LogP contribution is -2.05. The molecule has 0 unspecified atom stereocenters. The summed E-state index contributed by atoms with van der Waals surface area (Å²) in [6.45, 7) is 0.898. The number of aromatic hydroxyl groups is 1. The van der Waals surface area contributed by atoms with Gasteiger partial charge < -0.3 is 24.5 Å². The molecule has 0 radical (unpaired) electrons. The van der Waals surface area contributed by atoms with E-state index < -0.39 is 0 Å². The molecule has 0 aliphatic carbocycles. The van der Waals surface area contributed by atoms with E-state index in [4.69, 9.17) is 9.47 Å². The Morgan fingerprint density at radius 2 is 1.92 bits per heavy atom. The molecular formula is C18H17N3O3. The highest BCUT2D eigenvalue weighted by Gasteiger charge is 2.16. The van der Waals surface area contributed by atoms with Gasteiger partial charge in [-0.25, -0.2) is 4.98 Å². The molecule has 2 N–H and O–H groups in total. The highest BCUT2D eigenvalue weighted by Crippen LogP contribution is 2.36. The Morgan fingerprint density at radius 1 is 1.12 bits per heavy atom. The van der Waals surface area contributed by atoms with Gasteiger partial charge in [0.25, 0.3) is 0 Å². The van der Waals surface area contributed by atoms with Crippen LogP contribution in [0.15, 0.2) is 48.7 Å². The van der Waals surface area contributed by atoms with Crippen molar-refractivity contribution in [2.75, 3.05) is 12.1 Å². The van der Waals surface area contributed by atoms with E-state index in [0.717, 1.165) is 34.3 Å². The molecule has 4 rings (SSSR count). The zero-order valence-electron chi connectivity index (χ0n) is 13.2. The molecule has 122 valence electrons. The van der Waals surface area contributed by atoms with Crippen molar-refractivity contribution in [2.24, 2.45) is 7.05 Å². The molecule has 1 aliphatic rings. The molecule has 1 aliphatic heterocycles. The summed E-state index contributed by atoms with van der Waals surface area (Å²) < 4.78 is 12.8. The number of nitrogens with one attached hydrogen (secondary N) is 1. The third-order valence-electron chi connectivity index (χ3n) is 4.04. The van der Waals surface area contributed by atoms with E-state index in [9.17, 15) is 5.11 Å². The van der Waals surface area contributed by atoms with Crippen LogP contribution in [0.25, 0.3) is 11.3 Å². The first-order valence-electron chi connectivity index (χ1n) is 7.64. The number of fused-ring (bicyclic) bond motifs is 1. The predicted octanol–water partition coefficient (Wildman–Crippen LogP) is 3.13. The van der Waals surface area contributed by atoms with Crippen molar-refractivity contribution in [3.05, 3.63) is 54.2 Å². The number of hydrogen-bond acceptors (Lipinski definition) is 5. The van der Waals surface area contributed by atoms with E-state index in [-0.39, 0.29) is 12.5 Å². The molecule has 0 atom stereocenters. The molecule has 0 spiro atoms. The molecule has 6 heteroatoms. The molecule has 0 fully saturated rings. The summed E-state index contributed by atoms with van der Waals surface area (Å²) in [5.41, 5.74) is 3.08. The number of imidazole rings is 1. The second kappa shape index (κ2) is 5.81. The molecular weight excluding hydrogens is 306 g/mol. The van der Waals surface area contributed by atoms with Crippen LogP contribution < -0.4 is 14.8 Å². The Kier molecular flexibility index (Phi) is 3.49. The van der Waals surface area contributed by atoms with E-state index >= 15 is 0 Å². The number of hydrogen-bond donors (Lipinski definition) is 2. The van der Waals surface area contributed by atoms with Crippen molar-refractivity contribution >= 4 is 5.95 Å². The smallest absolute Gasteiger partial charge is 0.231 e. The normalized spacial score (nSPS) is 12.4. The zero-order valence-corrected chi connectivity index (χ0v) is 13.2. The van der Waals surface area contributed by atoms with Crippen molar-refractivity contribution in [1.29, 1.82) is 0 Å². The van der Waals surface area contributed by atoms with Crippen LogP contribution >= 0.6 is 0 Å². The van der Waals surface area contributed by atoms with Crippen LogP contribution in [0.1, 0.15) is 5.56 Å². The summed E-state index contributed by atoms with van der Waals surface area (Å²) >= 11 is 0. The molecule has 6 nitrogen and oxygen atoms in total. The maximum absolute atomic E-state index is 9.33. The van der Waals surface area contributed by atoms with Gasteiger partial charge in [-0.3, -0.25) is 0 Å². The third kappa shape index (κ3) is 2.62. The van der Waals surface area contributed by atoms with Gasteiger partial charge in [-0.1, -0.05) is 12.1 Å². The van der Waals surface area contributed by atoms with E-state index in [1.165, 1.54) is 0 Å². The maximum Gasteiger partial charge on any atom is 0.231 e. The number of rotatable bonds is 4. The number of phenolic OH excluding ortho intramolecular Hbond substituents is 1. The summed E-state index contributed by atoms with van der Waals surface area (Å²) in [5, 5.41) is 12.6. The minimum Gasteiger partial charge on any atom is -0.508 e. The Bertz CT molecular complexity index is 872. The highest BCUT2D eigenvalue weighted by molar-refractivity contribution is 5.66. The number of ether oxygens (including phenoxy) is 2. The number of benzene rings is 2. The molecule has 0 saturated carbocycles. The lowest BCUT2D eigenvalue weighted by molar-refractivity contribution is 0.174. The molecule has 1 aromatic heterocycles. The number of anilines is 1. The van der Waals surface area contributed by atoms with Crippen LogP contribution in [0, 0.1) is 0 Å². The quantitative estimate of drug-likeness (QED) is 0.772. The van der Waals surface area contributed by atoms with E-state index in [0.29, 0.717) is 6.54 Å². The Balaban J connectivity index is 1.53. The van der Waals surface area contributed by atoms with E-state index in [2.05, 4.69) is 10.3 Å². The summed E-state index contributed by atoms with van der Waals surface area (Å²) in [7, 11) is 1.96. The monoisotopic (exact) mass is 323 g/mol. The second-order valence-electron chi connectivity index (χ2n) is 5.61. The average Bonchev–Trinajstić information content (AvgIpc) is 3.20. The summed E-state index contributed by atoms with van der Waals surface area (Å²) in [4.78, 5) is 4.45. The van der Waals surface area contributed by atoms with Crippen LogP contribution in [0.3, 0.4) is 0 Å². The fraction of sp³-hybridized carbons (Fsp3) is 0.167. The minimum atomic E-state index is 0.265. The van der Waals surface area contributed by atoms with Gasteiger partial charge in [0.05, 0.1) is 11.9 Å². The van der Waals surface area contributed by atoms with Gasteiger partial charge in [-0.05, 0) is 35.9 Å². The van der Waals surface area contributed by atoms with Crippen molar-refractivity contribution in [3.63, 3.8) is 0 Å². The van der Waals surface area contributed by atoms with Gasteiger partial charge >= 0.3 is 0 Å². The van der Waals surface area contributed by atoms with Gasteiger partial charge in [0.2, 0.25) is 12.7 Å². The number of aromatic nitrogens is 2. The first-order chi connectivity index (χ1) is 11.7. The Labute approximate surface area is 139 Å². The topological polar surface area (TPSA) is 68.5 Å². The molecule has 3 aromatic rings. The molecule has 2 aromatic carbocycles. The summed E-state index contributed by atoms with van der Waals surface area (Å²) in [5.74, 6) is 2.57. The van der Waals surface area contributed by atoms with Crippen LogP contribution in [0.4, 0.5) is 5.95 Å². The summed E-state index contributed by atoms with van der Waals surface area (Å²) in [6, 6.07) is 13.0. The van der Waals surface area contributed by atoms with Crippen molar-refractivity contribution in [1.82, 2.24) is 9.55 Å². The lowest BCUT2D eigenvalue weighted by atomic mass is 10.1. The molecule has 0 amide bonds. The molecule has 24 heavy (non-hydrogen) atoms. The summed E-state index contributed by atoms with van der Waals surface area (Å²) in [6.07, 6.45) is 1.83. The zero-order chi connectivity index (χ0) is 16.5. The van der Waals surface area contributed by atoms with Crippen molar-refractivity contribution in [3.8, 4) is 28.5 Å². The van der Waals surface area contributed by atoms with Crippen molar-refractivity contribution < 1.29 is 14.6 Å². The van der Waals surface area contributed by atoms with Crippen LogP contribution in [0.2, 0.25) is 0 Å². The number of nitrogens with zero attached hydrogens (tertiary/aromatic N) is 2. The maximum atomic E-state index is 9.33. The van der Waals surface area contributed by atoms with E-state index in [1.54, 1.807) is 12.1 Å². The van der Waals surface area contributed by atoms with Crippen LogP contribution in [-0.4, -0.2) is 21.5 Å². The van der Waals surface area contributed by atoms with Crippen molar-refractivity contribution in [2.45, 2.75) is 6.54 Å². The molecule has 0 saturated heterocycles. The fourth-order valence-corrected chi connectivity index (χ4v) is 2.69. The standard InChI is InChI=1S/C18H17N3O3/c1-21-15(13-4-7-16-17(8-13)24-11-23-16)10-20-18(21)19-9-12-2-5-14(22)6-3-12/h2-8,10,22H,9,11H2,1H3,(H,19,20). The fourth-order valence-electron chi connectivity index (χ4n) is 2.69. The molecule has 0 bridgehead atoms. The van der Waals surface area contributed by atoms with Gasteiger partial charge in [0, 0.05) is 19.2 Å². The van der Waals surface area contributed by atoms with Crippen LogP contribution in [0.5, 0.6) is 17.2 Å². The largest absolute Gasteiger partial charge is 0.508 e. The average molecular weight is 323 g/mol. The number of phenols is 1. The van der Waals surface area contributed by atoms with Gasteiger partial charge in [-0.15, -0.1) is 0 Å². The first kappa shape index (κ1) is 14.4. The predicted molar refractivity (Wildman–Crippen MR) is 90.2 cm³/mol. The minimum absolute atomic E-state index is 0.265. The Morgan fingerprint density at radius 3 is 2.75 bits per heavy atom. The van der Waals surface area contributed by atoms with Gasteiger partial charge in [0.1, 0.15) is 5.75 Å². The second-order valence-corrected chi connectivity index (χ2v) is 5.61. The SMILES string of the molecule is Cn1c(-c2ccc3c(c2)OCO3)cnc1NCc1ccc(O)cc1. The van der Waals surface area contributed by atoms with E-state index in [1.807, 2.05) is 48.1 Å². The van der Waals surface area contributed by atoms with Crippen LogP contribution in [-0.2, 0) is 13.6 Å².